The van der Waals surface area contributed by atoms with Crippen LogP contribution in [0.1, 0.15) is 40.3 Å². The SMILES string of the molecule is CCN(Cc1ccccc1)C1=C(c2ccc(C)c(C)c2)C(=O)N(c2ccc(C)c(C)c2)C1=O. The number of aryl methyl sites for hydroxylation is 4. The molecule has 0 aliphatic carbocycles. The number of hydrogen-bond acceptors (Lipinski definition) is 3. The third kappa shape index (κ3) is 4.21. The topological polar surface area (TPSA) is 40.6 Å². The fourth-order valence-corrected chi connectivity index (χ4v) is 4.22. The minimum atomic E-state index is -0.270. The van der Waals surface area contributed by atoms with Gasteiger partial charge in [-0.25, -0.2) is 4.90 Å². The molecule has 0 radical (unpaired) electrons. The van der Waals surface area contributed by atoms with E-state index in [4.69, 9.17) is 0 Å². The molecule has 4 nitrogen and oxygen atoms in total. The highest BCUT2D eigenvalue weighted by molar-refractivity contribution is 6.45. The Morgan fingerprint density at radius 3 is 1.97 bits per heavy atom. The van der Waals surface area contributed by atoms with Gasteiger partial charge in [-0.15, -0.1) is 0 Å². The van der Waals surface area contributed by atoms with Crippen molar-refractivity contribution in [3.05, 3.63) is 106 Å². The Morgan fingerprint density at radius 1 is 0.727 bits per heavy atom. The quantitative estimate of drug-likeness (QED) is 0.462. The number of carbonyl (C=O) groups is 2. The molecular formula is C29H30N2O2. The van der Waals surface area contributed by atoms with Crippen LogP contribution in [0, 0.1) is 27.7 Å². The van der Waals surface area contributed by atoms with Crippen LogP contribution in [-0.4, -0.2) is 23.3 Å². The number of rotatable bonds is 6. The van der Waals surface area contributed by atoms with E-state index in [0.29, 0.717) is 30.0 Å². The van der Waals surface area contributed by atoms with Crippen LogP contribution in [0.3, 0.4) is 0 Å². The van der Waals surface area contributed by atoms with Gasteiger partial charge in [-0.1, -0.05) is 54.6 Å². The van der Waals surface area contributed by atoms with Crippen LogP contribution in [0.2, 0.25) is 0 Å². The zero-order valence-electron chi connectivity index (χ0n) is 20.0. The molecule has 2 amide bonds. The maximum atomic E-state index is 13.8. The highest BCUT2D eigenvalue weighted by Gasteiger charge is 2.42. The first-order valence-electron chi connectivity index (χ1n) is 11.4. The van der Waals surface area contributed by atoms with Crippen molar-refractivity contribution >= 4 is 23.1 Å². The van der Waals surface area contributed by atoms with Crippen LogP contribution in [0.5, 0.6) is 0 Å². The summed E-state index contributed by atoms with van der Waals surface area (Å²) in [5.41, 5.74) is 7.84. The summed E-state index contributed by atoms with van der Waals surface area (Å²) < 4.78 is 0. The molecule has 4 rings (SSSR count). The lowest BCUT2D eigenvalue weighted by Gasteiger charge is -2.25. The first kappa shape index (κ1) is 22.5. The molecule has 3 aromatic rings. The predicted molar refractivity (Wildman–Crippen MR) is 134 cm³/mol. The lowest BCUT2D eigenvalue weighted by atomic mass is 9.99. The Morgan fingerprint density at radius 2 is 1.36 bits per heavy atom. The number of carbonyl (C=O) groups excluding carboxylic acids is 2. The minimum absolute atomic E-state index is 0.269. The maximum absolute atomic E-state index is 13.8. The Bertz CT molecular complexity index is 1260. The average molecular weight is 439 g/mol. The molecule has 33 heavy (non-hydrogen) atoms. The fraction of sp³-hybridized carbons (Fsp3) is 0.241. The van der Waals surface area contributed by atoms with Crippen molar-refractivity contribution < 1.29 is 9.59 Å². The molecular weight excluding hydrogens is 408 g/mol. The van der Waals surface area contributed by atoms with E-state index in [0.717, 1.165) is 33.4 Å². The van der Waals surface area contributed by atoms with Crippen molar-refractivity contribution in [3.63, 3.8) is 0 Å². The first-order chi connectivity index (χ1) is 15.8. The van der Waals surface area contributed by atoms with Gasteiger partial charge in [0.05, 0.1) is 11.3 Å². The lowest BCUT2D eigenvalue weighted by molar-refractivity contribution is -0.120. The molecule has 0 spiro atoms. The van der Waals surface area contributed by atoms with Gasteiger partial charge >= 0.3 is 0 Å². The Kier molecular flexibility index (Phi) is 6.19. The largest absolute Gasteiger partial charge is 0.362 e. The minimum Gasteiger partial charge on any atom is -0.362 e. The molecule has 1 aliphatic heterocycles. The van der Waals surface area contributed by atoms with Crippen molar-refractivity contribution in [1.29, 1.82) is 0 Å². The molecule has 0 atom stereocenters. The van der Waals surface area contributed by atoms with Gasteiger partial charge < -0.3 is 4.90 Å². The summed E-state index contributed by atoms with van der Waals surface area (Å²) in [6, 6.07) is 21.7. The third-order valence-corrected chi connectivity index (χ3v) is 6.52. The highest BCUT2D eigenvalue weighted by Crippen LogP contribution is 2.36. The number of hydrogen-bond donors (Lipinski definition) is 0. The fourth-order valence-electron chi connectivity index (χ4n) is 4.22. The molecule has 1 heterocycles. The van der Waals surface area contributed by atoms with Crippen LogP contribution in [-0.2, 0) is 16.1 Å². The second-order valence-corrected chi connectivity index (χ2v) is 8.74. The second kappa shape index (κ2) is 9.07. The third-order valence-electron chi connectivity index (χ3n) is 6.52. The number of likely N-dealkylation sites (N-methyl/N-ethyl adjacent to an activating group) is 1. The Balaban J connectivity index is 1.86. The van der Waals surface area contributed by atoms with Crippen LogP contribution in [0.4, 0.5) is 5.69 Å². The number of anilines is 1. The zero-order chi connectivity index (χ0) is 23.7. The van der Waals surface area contributed by atoms with Gasteiger partial charge in [0.1, 0.15) is 5.70 Å². The summed E-state index contributed by atoms with van der Waals surface area (Å²) in [7, 11) is 0. The lowest BCUT2D eigenvalue weighted by Crippen LogP contribution is -2.35. The van der Waals surface area contributed by atoms with Crippen molar-refractivity contribution in [2.24, 2.45) is 0 Å². The second-order valence-electron chi connectivity index (χ2n) is 8.74. The molecule has 0 saturated carbocycles. The van der Waals surface area contributed by atoms with Crippen LogP contribution in [0.15, 0.2) is 72.4 Å². The number of amides is 2. The van der Waals surface area contributed by atoms with Crippen LogP contribution < -0.4 is 4.90 Å². The van der Waals surface area contributed by atoms with E-state index in [-0.39, 0.29) is 11.8 Å². The van der Waals surface area contributed by atoms with Gasteiger partial charge in [0.15, 0.2) is 0 Å². The predicted octanol–water partition coefficient (Wildman–Crippen LogP) is 5.73. The van der Waals surface area contributed by atoms with Gasteiger partial charge in [0.2, 0.25) is 0 Å². The van der Waals surface area contributed by atoms with E-state index in [9.17, 15) is 9.59 Å². The molecule has 0 unspecified atom stereocenters. The highest BCUT2D eigenvalue weighted by atomic mass is 16.2. The summed E-state index contributed by atoms with van der Waals surface area (Å²) >= 11 is 0. The van der Waals surface area contributed by atoms with Crippen LogP contribution in [0.25, 0.3) is 5.57 Å². The molecule has 0 N–H and O–H groups in total. The summed E-state index contributed by atoms with van der Waals surface area (Å²) in [6.45, 7) is 11.3. The van der Waals surface area contributed by atoms with E-state index in [1.807, 2.05) is 106 Å². The number of imide groups is 1. The summed E-state index contributed by atoms with van der Waals surface area (Å²) in [5, 5.41) is 0. The van der Waals surface area contributed by atoms with Gasteiger partial charge in [-0.2, -0.15) is 0 Å². The van der Waals surface area contributed by atoms with Crippen molar-refractivity contribution in [3.8, 4) is 0 Å². The first-order valence-corrected chi connectivity index (χ1v) is 11.4. The van der Waals surface area contributed by atoms with E-state index in [1.54, 1.807) is 0 Å². The normalized spacial score (nSPS) is 13.8. The number of nitrogens with zero attached hydrogens (tertiary/aromatic N) is 2. The smallest absolute Gasteiger partial charge is 0.282 e. The van der Waals surface area contributed by atoms with Crippen LogP contribution >= 0.6 is 0 Å². The maximum Gasteiger partial charge on any atom is 0.282 e. The van der Waals surface area contributed by atoms with Crippen molar-refractivity contribution in [2.75, 3.05) is 11.4 Å². The molecule has 0 bridgehead atoms. The average Bonchev–Trinajstić information content (AvgIpc) is 3.06. The zero-order valence-corrected chi connectivity index (χ0v) is 20.0. The van der Waals surface area contributed by atoms with Gasteiger partial charge in [-0.05, 0) is 80.1 Å². The van der Waals surface area contributed by atoms with Crippen molar-refractivity contribution in [2.45, 2.75) is 41.2 Å². The van der Waals surface area contributed by atoms with E-state index in [1.165, 1.54) is 4.90 Å². The van der Waals surface area contributed by atoms with Gasteiger partial charge in [0.25, 0.3) is 11.8 Å². The number of benzene rings is 3. The Labute approximate surface area is 196 Å². The molecule has 3 aromatic carbocycles. The van der Waals surface area contributed by atoms with E-state index in [2.05, 4.69) is 0 Å². The van der Waals surface area contributed by atoms with E-state index < -0.39 is 0 Å². The molecule has 168 valence electrons. The van der Waals surface area contributed by atoms with Gasteiger partial charge in [0, 0.05) is 13.1 Å². The summed E-state index contributed by atoms with van der Waals surface area (Å²) in [6.07, 6.45) is 0. The standard InChI is InChI=1S/C29H30N2O2/c1-6-30(18-23-10-8-7-9-11-23)27-26(24-14-12-19(2)21(4)16-24)28(32)31(29(27)33)25-15-13-20(3)22(5)17-25/h7-17H,6,18H2,1-5H3. The van der Waals surface area contributed by atoms with Gasteiger partial charge in [-0.3, -0.25) is 9.59 Å². The molecule has 0 aromatic heterocycles. The molecule has 1 aliphatic rings. The molecule has 0 saturated heterocycles. The molecule has 4 heteroatoms. The monoisotopic (exact) mass is 438 g/mol. The van der Waals surface area contributed by atoms with Crippen molar-refractivity contribution in [1.82, 2.24) is 4.90 Å². The summed E-state index contributed by atoms with van der Waals surface area (Å²) in [4.78, 5) is 31.0. The van der Waals surface area contributed by atoms with E-state index >= 15 is 0 Å². The Hall–Kier alpha value is -3.66. The summed E-state index contributed by atoms with van der Waals surface area (Å²) in [5.74, 6) is -0.540. The molecule has 0 fully saturated rings.